The fourth-order valence-corrected chi connectivity index (χ4v) is 23.0. The highest BCUT2D eigenvalue weighted by molar-refractivity contribution is 9.11. The Kier molecular flexibility index (Phi) is 35.3. The van der Waals surface area contributed by atoms with Crippen molar-refractivity contribution in [2.24, 2.45) is 64.2 Å². The van der Waals surface area contributed by atoms with E-state index in [1.807, 2.05) is 71.1 Å². The van der Waals surface area contributed by atoms with Gasteiger partial charge in [-0.15, -0.1) is 0 Å². The van der Waals surface area contributed by atoms with Crippen molar-refractivity contribution in [3.8, 4) is 0 Å². The van der Waals surface area contributed by atoms with Crippen molar-refractivity contribution in [1.82, 2.24) is 59.8 Å². The first-order valence-electron chi connectivity index (χ1n) is 50.8. The molecule has 6 aliphatic heterocycles. The number of anilines is 12. The quantitative estimate of drug-likeness (QED) is 0.0264. The number of fused-ring (bicyclic) bond motifs is 6. The Labute approximate surface area is 871 Å². The Morgan fingerprint density at radius 2 is 0.734 bits per heavy atom. The number of hydrogen-bond donors (Lipinski definition) is 17. The van der Waals surface area contributed by atoms with Gasteiger partial charge in [0.15, 0.2) is 0 Å². The van der Waals surface area contributed by atoms with Gasteiger partial charge in [-0.3, -0.25) is 28.8 Å². The summed E-state index contributed by atoms with van der Waals surface area (Å²) in [5.74, 6) is 2.46. The van der Waals surface area contributed by atoms with Gasteiger partial charge in [0.1, 0.15) is 33.9 Å². The van der Waals surface area contributed by atoms with E-state index in [0.29, 0.717) is 35.1 Å². The maximum Gasteiger partial charge on any atom is 0.304 e. The zero-order chi connectivity index (χ0) is 101. The van der Waals surface area contributed by atoms with Gasteiger partial charge in [0, 0.05) is 208 Å². The monoisotopic (exact) mass is 2230 g/mol. The molecule has 21 rings (SSSR count). The van der Waals surface area contributed by atoms with Crippen molar-refractivity contribution in [3.05, 3.63) is 114 Å². The van der Waals surface area contributed by atoms with Gasteiger partial charge in [0.2, 0.25) is 29.5 Å². The molecule has 0 radical (unpaired) electrons. The number of nitrogens with two attached hydrogens (primary N) is 5. The van der Waals surface area contributed by atoms with E-state index in [-0.39, 0.29) is 90.0 Å². The second-order valence-electron chi connectivity index (χ2n) is 39.6. The lowest BCUT2D eigenvalue weighted by Crippen LogP contribution is -2.49. The summed E-state index contributed by atoms with van der Waals surface area (Å²) in [6.07, 6.45) is 45.1. The summed E-state index contributed by atoms with van der Waals surface area (Å²) >= 11 is 21.0. The number of nitrogens with zero attached hydrogens (tertiary/aromatic N) is 13. The van der Waals surface area contributed by atoms with Gasteiger partial charge in [0.05, 0.1) is 130 Å². The number of aromatic nitrogens is 12. The maximum atomic E-state index is 12.2. The SMILES string of the molecule is CC(C)C(=O)Nc1c[nH]c2ncc(Br)c(N3CC[C@H](C4CC4)[C@@H](N)C3)c12.CCCC(=O)Nc1c[nH]c2ncc(Br)c(N3CCC[C@@H](N)C3)c12.CCCC(=O)Nc1c[nH]c2ncc(Cl)c(N3CCC[C@@H](N)C3)c12.CC[C@@H]1CCCN(c2c(Br)cnc3[nH]cc(NC(=O)C4CC4)c23)C1.CCc1cnc2[nH]cc(NC(=O)C3CC3)c2c1N1CCC[C@@H](N)C1.[C-]#[N+]CC(=O)Nc1c[nH]c2ncc(Br)c(N3CCC[C@@H](N)C3)c12. The van der Waals surface area contributed by atoms with Crippen LogP contribution in [0.15, 0.2) is 92.3 Å². The molecule has 22 N–H and O–H groups in total. The zero-order valence-corrected chi connectivity index (χ0v) is 89.4. The van der Waals surface area contributed by atoms with Crippen LogP contribution in [-0.2, 0) is 35.2 Å². The minimum absolute atomic E-state index is 0.000897. The van der Waals surface area contributed by atoms with Crippen LogP contribution in [0.2, 0.25) is 5.02 Å². The van der Waals surface area contributed by atoms with Gasteiger partial charge in [0.25, 0.3) is 6.54 Å². The molecule has 143 heavy (non-hydrogen) atoms. The highest BCUT2D eigenvalue weighted by Gasteiger charge is 2.41. The first-order chi connectivity index (χ1) is 69.1. The van der Waals surface area contributed by atoms with Crippen LogP contribution in [0.4, 0.5) is 68.2 Å². The summed E-state index contributed by atoms with van der Waals surface area (Å²) in [7, 11) is 0. The molecule has 3 saturated carbocycles. The van der Waals surface area contributed by atoms with E-state index in [4.69, 9.17) is 46.8 Å². The number of pyridine rings is 6. The molecular weight excluding hydrogens is 2100 g/mol. The van der Waals surface area contributed by atoms with E-state index in [2.05, 4.69) is 204 Å². The molecule has 41 heteroatoms. The Morgan fingerprint density at radius 3 is 1.08 bits per heavy atom. The Balaban J connectivity index is 0.000000123. The summed E-state index contributed by atoms with van der Waals surface area (Å²) in [4.78, 5) is 135. The molecule has 0 spiro atoms. The number of halogens is 5. The predicted molar refractivity (Wildman–Crippen MR) is 589 cm³/mol. The van der Waals surface area contributed by atoms with Gasteiger partial charge in [-0.2, -0.15) is 0 Å². The van der Waals surface area contributed by atoms with Crippen molar-refractivity contribution in [2.45, 2.75) is 219 Å². The van der Waals surface area contributed by atoms with Crippen molar-refractivity contribution >= 4 is 245 Å². The van der Waals surface area contributed by atoms with E-state index in [0.717, 1.165) is 328 Å². The molecular formula is C102H135Br4ClN30O6. The molecule has 36 nitrogen and oxygen atoms in total. The van der Waals surface area contributed by atoms with Crippen LogP contribution >= 0.6 is 75.3 Å². The zero-order valence-electron chi connectivity index (χ0n) is 82.3. The topological polar surface area (TPSA) is 501 Å². The first-order valence-corrected chi connectivity index (χ1v) is 54.3. The number of carbonyl (C=O) groups excluding carboxylic acids is 6. The van der Waals surface area contributed by atoms with E-state index < -0.39 is 0 Å². The summed E-state index contributed by atoms with van der Waals surface area (Å²) in [5.41, 5.74) is 47.9. The standard InChI is InChI=1S/C19H26BrN5O.C18H23BrN4O.C18H25N5O.C16H22BrN5O.C16H22ClN5O.C15H17BrN6O/c1-10(2)19(26)24-15-8-23-18-16(15)17(13(20)7-22-18)25-6-5-12(11-3-4-11)14(21)9-25;1-2-11-4-3-7-23(10-11)16-13(19)8-20-17-15(16)14(9-21-17)22-18(24)12-5-6-12;1-2-11-8-20-17-15(16(11)23-7-3-4-13(19)10-23)14(9-21-17)22-18(24)12-5-6-12;2*1-2-4-13(23)21-12-8-20-16-14(12)15(11(17)7-19-16)22-6-3-5-10(18)9-22;1-18-7-12(23)21-11-6-20-15-13(11)14(10(16)5-19-15)22-4-2-3-9(17)8-22/h7-8,10-12,14H,3-6,9,21H2,1-2H3,(H,22,23)(H,24,26);8-9,11-12H,2-7,10H2,1H3,(H,20,21)(H,22,24);8-9,12-13H,2-7,10,19H2,1H3,(H,20,21)(H,22,24);2*7-8,10H,2-6,9,18H2,1H3,(H,19,20)(H,21,23);5-6,9H,2-4,7-8,17H2,(H,19,20)(H,21,23)/t12-,14+;11-;13-;2*10-;9-/m111111/s1. The molecule has 3 aliphatic carbocycles. The average molecular weight is 2230 g/mol. The summed E-state index contributed by atoms with van der Waals surface area (Å²) in [6.45, 7) is 29.7. The highest BCUT2D eigenvalue weighted by atomic mass is 79.9. The van der Waals surface area contributed by atoms with Gasteiger partial charge < -0.3 is 125 Å². The number of H-pyrrole nitrogens is 6. The lowest BCUT2D eigenvalue weighted by molar-refractivity contribution is -0.119. The minimum atomic E-state index is -0.331. The summed E-state index contributed by atoms with van der Waals surface area (Å²) in [5, 5.41) is 24.2. The third kappa shape index (κ3) is 25.3. The molecule has 9 fully saturated rings. The lowest BCUT2D eigenvalue weighted by Gasteiger charge is -2.39. The van der Waals surface area contributed by atoms with Gasteiger partial charge >= 0.3 is 5.91 Å². The number of hydrogen-bond acceptors (Lipinski definition) is 23. The molecule has 9 aliphatic rings. The van der Waals surface area contributed by atoms with Gasteiger partial charge in [-0.25, -0.2) is 36.5 Å². The Hall–Kier alpha value is -10.7. The third-order valence-corrected chi connectivity index (χ3v) is 30.8. The van der Waals surface area contributed by atoms with Crippen LogP contribution in [0.3, 0.4) is 0 Å². The number of aromatic amines is 6. The number of rotatable bonds is 23. The first kappa shape index (κ1) is 105. The van der Waals surface area contributed by atoms with Crippen LogP contribution in [0.5, 0.6) is 0 Å². The van der Waals surface area contributed by atoms with E-state index in [1.54, 1.807) is 31.0 Å². The molecule has 18 heterocycles. The molecule has 6 amide bonds. The van der Waals surface area contributed by atoms with Crippen LogP contribution in [0.1, 0.15) is 188 Å². The van der Waals surface area contributed by atoms with Crippen molar-refractivity contribution in [1.29, 1.82) is 0 Å². The largest absolute Gasteiger partial charge is 0.370 e. The molecule has 12 aromatic rings. The second kappa shape index (κ2) is 48.1. The van der Waals surface area contributed by atoms with Gasteiger partial charge in [-0.1, -0.05) is 59.6 Å². The molecule has 764 valence electrons. The van der Waals surface area contributed by atoms with E-state index >= 15 is 0 Å². The third-order valence-electron chi connectivity index (χ3n) is 28.2. The molecule has 0 bridgehead atoms. The fourth-order valence-electron chi connectivity index (χ4n) is 20.5. The normalized spacial score (nSPS) is 20.2. The number of piperidine rings is 6. The maximum absolute atomic E-state index is 12.2. The minimum Gasteiger partial charge on any atom is -0.370 e. The lowest BCUT2D eigenvalue weighted by atomic mass is 9.87. The van der Waals surface area contributed by atoms with Crippen LogP contribution in [-0.4, -0.2) is 211 Å². The summed E-state index contributed by atoms with van der Waals surface area (Å²) < 4.78 is 3.71. The molecule has 7 atom stereocenters. The number of nitrogens with one attached hydrogen (secondary N) is 12. The van der Waals surface area contributed by atoms with Crippen LogP contribution in [0, 0.1) is 42.1 Å². The molecule has 12 aromatic heterocycles. The van der Waals surface area contributed by atoms with E-state index in [9.17, 15) is 28.8 Å². The van der Waals surface area contributed by atoms with Crippen molar-refractivity contribution in [2.75, 3.05) is 146 Å². The molecule has 6 saturated heterocycles. The summed E-state index contributed by atoms with van der Waals surface area (Å²) in [6, 6.07) is 0.850. The molecule has 0 unspecified atom stereocenters. The fraction of sp³-hybridized carbons (Fsp3) is 0.520. The Bertz CT molecular complexity index is 6450. The number of amides is 6. The van der Waals surface area contributed by atoms with Gasteiger partial charge in [-0.05, 0) is 215 Å². The average Bonchev–Trinajstić information content (AvgIpc) is 1.65. The highest BCUT2D eigenvalue weighted by Crippen LogP contribution is 2.49. The molecule has 0 aromatic carbocycles. The van der Waals surface area contributed by atoms with Crippen LogP contribution < -0.4 is 90.0 Å². The van der Waals surface area contributed by atoms with Crippen molar-refractivity contribution < 1.29 is 28.8 Å². The van der Waals surface area contributed by atoms with E-state index in [1.165, 1.54) is 43.4 Å². The predicted octanol–water partition coefficient (Wildman–Crippen LogP) is 18.2. The Morgan fingerprint density at radius 1 is 0.406 bits per heavy atom. The number of aryl methyl sites for hydroxylation is 1. The smallest absolute Gasteiger partial charge is 0.304 e. The second-order valence-corrected chi connectivity index (χ2v) is 43.4. The van der Waals surface area contributed by atoms with Crippen LogP contribution in [0.25, 0.3) is 71.0 Å². The number of carbonyl (C=O) groups is 6. The van der Waals surface area contributed by atoms with Crippen molar-refractivity contribution in [3.63, 3.8) is 0 Å².